The Morgan fingerprint density at radius 3 is 2.79 bits per heavy atom. The molecule has 0 spiro atoms. The van der Waals surface area contributed by atoms with Gasteiger partial charge in [-0.05, 0) is 39.0 Å². The van der Waals surface area contributed by atoms with Crippen LogP contribution in [0.5, 0.6) is 0 Å². The Morgan fingerprint density at radius 1 is 1.26 bits per heavy atom. The molecule has 2 aliphatic heterocycles. The third kappa shape index (κ3) is 3.69. The molecule has 2 fully saturated rings. The first-order valence-electron chi connectivity index (χ1n) is 7.29. The predicted molar refractivity (Wildman–Crippen MR) is 69.6 cm³/mol. The molecule has 0 aromatic heterocycles. The Kier molecular flexibility index (Phi) is 5.19. The summed E-state index contributed by atoms with van der Waals surface area (Å²) in [6, 6.07) is 0.155. The summed E-state index contributed by atoms with van der Waals surface area (Å²) in [4.78, 5) is 25.4. The van der Waals surface area contributed by atoms with Gasteiger partial charge in [0.15, 0.2) is 0 Å². The molecular weight excluding hydrogens is 246 g/mol. The molecule has 1 amide bonds. The van der Waals surface area contributed by atoms with Crippen LogP contribution in [0, 0.1) is 0 Å². The van der Waals surface area contributed by atoms with Crippen molar-refractivity contribution >= 4 is 11.9 Å². The van der Waals surface area contributed by atoms with Crippen LogP contribution in [-0.4, -0.2) is 48.7 Å². The Morgan fingerprint density at radius 2 is 2.11 bits per heavy atom. The molecule has 2 saturated heterocycles. The number of nitrogens with zero attached hydrogens (tertiary/aromatic N) is 1. The Hall–Kier alpha value is -1.10. The first-order valence-corrected chi connectivity index (χ1v) is 7.29. The van der Waals surface area contributed by atoms with Crippen molar-refractivity contribution in [3.05, 3.63) is 0 Å². The minimum absolute atomic E-state index is 0.116. The molecule has 19 heavy (non-hydrogen) atoms. The van der Waals surface area contributed by atoms with Crippen LogP contribution in [0.1, 0.15) is 45.4 Å². The highest BCUT2D eigenvalue weighted by Gasteiger charge is 2.36. The maximum Gasteiger partial charge on any atom is 0.315 e. The summed E-state index contributed by atoms with van der Waals surface area (Å²) >= 11 is 0. The van der Waals surface area contributed by atoms with Crippen LogP contribution in [-0.2, 0) is 19.1 Å². The maximum absolute atomic E-state index is 12.2. The number of esters is 1. The summed E-state index contributed by atoms with van der Waals surface area (Å²) in [5, 5.41) is 0. The zero-order chi connectivity index (χ0) is 13.7. The minimum atomic E-state index is -0.428. The Labute approximate surface area is 114 Å². The molecule has 0 N–H and O–H groups in total. The van der Waals surface area contributed by atoms with Crippen LogP contribution < -0.4 is 0 Å². The molecule has 2 aliphatic rings. The number of hydrogen-bond acceptors (Lipinski definition) is 4. The molecule has 5 nitrogen and oxygen atoms in total. The van der Waals surface area contributed by atoms with E-state index in [0.29, 0.717) is 6.61 Å². The molecule has 0 radical (unpaired) electrons. The quantitative estimate of drug-likeness (QED) is 0.573. The summed E-state index contributed by atoms with van der Waals surface area (Å²) in [6.45, 7) is 3.60. The Bertz CT molecular complexity index is 325. The first-order chi connectivity index (χ1) is 9.22. The zero-order valence-corrected chi connectivity index (χ0v) is 11.6. The van der Waals surface area contributed by atoms with Gasteiger partial charge in [-0.1, -0.05) is 0 Å². The van der Waals surface area contributed by atoms with E-state index in [9.17, 15) is 9.59 Å². The number of carbonyl (C=O) groups is 2. The molecule has 0 bridgehead atoms. The molecule has 0 aromatic rings. The number of amides is 1. The normalized spacial score (nSPS) is 27.3. The van der Waals surface area contributed by atoms with Gasteiger partial charge in [0, 0.05) is 13.2 Å². The molecule has 2 heterocycles. The van der Waals surface area contributed by atoms with Crippen molar-refractivity contribution in [2.24, 2.45) is 0 Å². The molecule has 2 rings (SSSR count). The summed E-state index contributed by atoms with van der Waals surface area (Å²) in [5.74, 6) is -0.544. The van der Waals surface area contributed by atoms with Gasteiger partial charge in [0.25, 0.3) is 0 Å². The SMILES string of the molecule is CCOC(=O)CC(=O)N1CCCC1C1CCCCO1. The zero-order valence-electron chi connectivity index (χ0n) is 11.6. The topological polar surface area (TPSA) is 55.8 Å². The smallest absolute Gasteiger partial charge is 0.315 e. The monoisotopic (exact) mass is 269 g/mol. The fourth-order valence-electron chi connectivity index (χ4n) is 2.99. The number of likely N-dealkylation sites (tertiary alicyclic amines) is 1. The summed E-state index contributed by atoms with van der Waals surface area (Å²) in [6.07, 6.45) is 5.30. The van der Waals surface area contributed by atoms with Crippen molar-refractivity contribution in [2.75, 3.05) is 19.8 Å². The molecule has 108 valence electrons. The van der Waals surface area contributed by atoms with E-state index < -0.39 is 5.97 Å². The van der Waals surface area contributed by atoms with Crippen LogP contribution in [0.3, 0.4) is 0 Å². The lowest BCUT2D eigenvalue weighted by molar-refractivity contribution is -0.150. The lowest BCUT2D eigenvalue weighted by Crippen LogP contribution is -2.45. The fourth-order valence-corrected chi connectivity index (χ4v) is 2.99. The third-order valence-electron chi connectivity index (χ3n) is 3.86. The molecular formula is C14H23NO4. The number of carbonyl (C=O) groups excluding carboxylic acids is 2. The van der Waals surface area contributed by atoms with Gasteiger partial charge in [0.1, 0.15) is 6.42 Å². The second-order valence-electron chi connectivity index (χ2n) is 5.18. The second-order valence-corrected chi connectivity index (χ2v) is 5.18. The van der Waals surface area contributed by atoms with E-state index in [4.69, 9.17) is 9.47 Å². The number of rotatable bonds is 4. The van der Waals surface area contributed by atoms with Gasteiger partial charge in [-0.15, -0.1) is 0 Å². The van der Waals surface area contributed by atoms with Gasteiger partial charge in [-0.3, -0.25) is 9.59 Å². The van der Waals surface area contributed by atoms with E-state index >= 15 is 0 Å². The molecule has 2 atom stereocenters. The third-order valence-corrected chi connectivity index (χ3v) is 3.86. The van der Waals surface area contributed by atoms with E-state index in [0.717, 1.165) is 38.8 Å². The maximum atomic E-state index is 12.2. The van der Waals surface area contributed by atoms with Crippen molar-refractivity contribution < 1.29 is 19.1 Å². The first kappa shape index (κ1) is 14.3. The largest absolute Gasteiger partial charge is 0.466 e. The van der Waals surface area contributed by atoms with Crippen molar-refractivity contribution in [3.8, 4) is 0 Å². The van der Waals surface area contributed by atoms with Crippen LogP contribution >= 0.6 is 0 Å². The van der Waals surface area contributed by atoms with Crippen LogP contribution in [0.2, 0.25) is 0 Å². The highest BCUT2D eigenvalue weighted by atomic mass is 16.5. The van der Waals surface area contributed by atoms with E-state index in [-0.39, 0.29) is 24.5 Å². The summed E-state index contributed by atoms with van der Waals surface area (Å²) < 4.78 is 10.6. The second kappa shape index (κ2) is 6.89. The van der Waals surface area contributed by atoms with Gasteiger partial charge >= 0.3 is 5.97 Å². The highest BCUT2D eigenvalue weighted by molar-refractivity contribution is 5.94. The molecule has 0 aliphatic carbocycles. The summed E-state index contributed by atoms with van der Waals surface area (Å²) in [7, 11) is 0. The van der Waals surface area contributed by atoms with E-state index in [1.807, 2.05) is 4.90 Å². The van der Waals surface area contributed by atoms with Gasteiger partial charge in [-0.25, -0.2) is 0 Å². The average Bonchev–Trinajstić information content (AvgIpc) is 2.89. The lowest BCUT2D eigenvalue weighted by Gasteiger charge is -2.33. The lowest BCUT2D eigenvalue weighted by atomic mass is 10.00. The van der Waals surface area contributed by atoms with Crippen LogP contribution in [0.4, 0.5) is 0 Å². The van der Waals surface area contributed by atoms with Crippen LogP contribution in [0.15, 0.2) is 0 Å². The van der Waals surface area contributed by atoms with Gasteiger partial charge < -0.3 is 14.4 Å². The van der Waals surface area contributed by atoms with Crippen LogP contribution in [0.25, 0.3) is 0 Å². The van der Waals surface area contributed by atoms with Crippen molar-refractivity contribution in [1.29, 1.82) is 0 Å². The van der Waals surface area contributed by atoms with E-state index in [2.05, 4.69) is 0 Å². The molecule has 0 aromatic carbocycles. The van der Waals surface area contributed by atoms with Crippen molar-refractivity contribution in [3.63, 3.8) is 0 Å². The average molecular weight is 269 g/mol. The van der Waals surface area contributed by atoms with Crippen molar-refractivity contribution in [2.45, 2.75) is 57.6 Å². The minimum Gasteiger partial charge on any atom is -0.466 e. The predicted octanol–water partition coefficient (Wildman–Crippen LogP) is 1.50. The van der Waals surface area contributed by atoms with Gasteiger partial charge in [0.2, 0.25) is 5.91 Å². The highest BCUT2D eigenvalue weighted by Crippen LogP contribution is 2.27. The van der Waals surface area contributed by atoms with E-state index in [1.54, 1.807) is 6.92 Å². The summed E-state index contributed by atoms with van der Waals surface area (Å²) in [5.41, 5.74) is 0. The standard InChI is InChI=1S/C14H23NO4/c1-2-18-14(17)10-13(16)15-8-5-6-11(15)12-7-3-4-9-19-12/h11-12H,2-10H2,1H3. The Balaban J connectivity index is 1.90. The van der Waals surface area contributed by atoms with E-state index in [1.165, 1.54) is 6.42 Å². The van der Waals surface area contributed by atoms with Crippen molar-refractivity contribution in [1.82, 2.24) is 4.90 Å². The number of hydrogen-bond donors (Lipinski definition) is 0. The number of ether oxygens (including phenoxy) is 2. The fraction of sp³-hybridized carbons (Fsp3) is 0.857. The van der Waals surface area contributed by atoms with Gasteiger partial charge in [-0.2, -0.15) is 0 Å². The molecule has 2 unspecified atom stereocenters. The molecule has 0 saturated carbocycles. The van der Waals surface area contributed by atoms with Gasteiger partial charge in [0.05, 0.1) is 18.8 Å². The molecule has 5 heteroatoms.